The maximum atomic E-state index is 13.5. The third kappa shape index (κ3) is 3.11. The normalized spacial score (nSPS) is 10.2. The average molecular weight is 326 g/mol. The summed E-state index contributed by atoms with van der Waals surface area (Å²) in [5.74, 6) is -0.835. The van der Waals surface area contributed by atoms with Crippen LogP contribution < -0.4 is 5.32 Å². The molecular formula is C13H9BrFNOS. The molecule has 0 radical (unpaired) electrons. The van der Waals surface area contributed by atoms with E-state index in [0.717, 1.165) is 4.90 Å². The quantitative estimate of drug-likeness (QED) is 0.799. The molecule has 2 aromatic carbocycles. The van der Waals surface area contributed by atoms with Crippen molar-refractivity contribution < 1.29 is 9.18 Å². The van der Waals surface area contributed by atoms with Crippen LogP contribution in [0.3, 0.4) is 0 Å². The number of hydrogen-bond donors (Lipinski definition) is 2. The molecule has 0 aliphatic carbocycles. The Balaban J connectivity index is 2.21. The van der Waals surface area contributed by atoms with Gasteiger partial charge in [0.05, 0.1) is 5.69 Å². The van der Waals surface area contributed by atoms with E-state index in [1.807, 2.05) is 0 Å². The van der Waals surface area contributed by atoms with Crippen LogP contribution in [0.15, 0.2) is 51.8 Å². The van der Waals surface area contributed by atoms with Gasteiger partial charge in [-0.15, -0.1) is 12.6 Å². The van der Waals surface area contributed by atoms with Gasteiger partial charge in [-0.3, -0.25) is 4.79 Å². The summed E-state index contributed by atoms with van der Waals surface area (Å²) < 4.78 is 14.2. The van der Waals surface area contributed by atoms with Crippen LogP contribution in [0, 0.1) is 5.82 Å². The number of benzene rings is 2. The van der Waals surface area contributed by atoms with Gasteiger partial charge in [0.15, 0.2) is 0 Å². The van der Waals surface area contributed by atoms with Crippen LogP contribution in [0.4, 0.5) is 10.1 Å². The predicted octanol–water partition coefficient (Wildman–Crippen LogP) is 4.13. The minimum Gasteiger partial charge on any atom is -0.319 e. The maximum Gasteiger partial charge on any atom is 0.255 e. The molecule has 2 nitrogen and oxygen atoms in total. The summed E-state index contributed by atoms with van der Waals surface area (Å²) in [6, 6.07) is 11.0. The van der Waals surface area contributed by atoms with Crippen molar-refractivity contribution in [2.75, 3.05) is 5.32 Å². The first-order valence-corrected chi connectivity index (χ1v) is 6.36. The van der Waals surface area contributed by atoms with Crippen molar-refractivity contribution in [3.05, 3.63) is 58.3 Å². The number of halogens is 2. The van der Waals surface area contributed by atoms with Crippen LogP contribution in [-0.4, -0.2) is 5.91 Å². The van der Waals surface area contributed by atoms with E-state index < -0.39 is 5.82 Å². The van der Waals surface area contributed by atoms with Gasteiger partial charge in [-0.1, -0.05) is 15.9 Å². The third-order valence-electron chi connectivity index (χ3n) is 2.31. The molecule has 0 aliphatic heterocycles. The smallest absolute Gasteiger partial charge is 0.255 e. The summed E-state index contributed by atoms with van der Waals surface area (Å²) in [7, 11) is 0. The second-order valence-corrected chi connectivity index (χ2v) is 5.06. The minimum atomic E-state index is -0.475. The molecule has 18 heavy (non-hydrogen) atoms. The number of carbonyl (C=O) groups is 1. The number of thiol groups is 1. The Hall–Kier alpha value is -1.33. The Labute approximate surface area is 118 Å². The zero-order valence-electron chi connectivity index (χ0n) is 9.15. The average Bonchev–Trinajstić information content (AvgIpc) is 2.34. The lowest BCUT2D eigenvalue weighted by Gasteiger charge is -2.07. The SMILES string of the molecule is O=C(Nc1cc(Br)ccc1F)c1ccc(S)cc1. The molecule has 0 saturated heterocycles. The first-order valence-electron chi connectivity index (χ1n) is 5.12. The van der Waals surface area contributed by atoms with Crippen LogP contribution >= 0.6 is 28.6 Å². The maximum absolute atomic E-state index is 13.5. The molecule has 0 spiro atoms. The summed E-state index contributed by atoms with van der Waals surface area (Å²) in [4.78, 5) is 12.6. The van der Waals surface area contributed by atoms with Crippen molar-refractivity contribution in [2.45, 2.75) is 4.90 Å². The van der Waals surface area contributed by atoms with Crippen LogP contribution in [0.25, 0.3) is 0 Å². The van der Waals surface area contributed by atoms with Crippen molar-refractivity contribution in [3.8, 4) is 0 Å². The van der Waals surface area contributed by atoms with Gasteiger partial charge in [0, 0.05) is 14.9 Å². The Morgan fingerprint density at radius 3 is 2.50 bits per heavy atom. The molecule has 92 valence electrons. The fourth-order valence-corrected chi connectivity index (χ4v) is 1.91. The molecule has 1 N–H and O–H groups in total. The summed E-state index contributed by atoms with van der Waals surface area (Å²) in [6.45, 7) is 0. The lowest BCUT2D eigenvalue weighted by molar-refractivity contribution is 0.102. The zero-order valence-corrected chi connectivity index (χ0v) is 11.6. The molecule has 0 saturated carbocycles. The van der Waals surface area contributed by atoms with Crippen molar-refractivity contribution in [1.29, 1.82) is 0 Å². The number of anilines is 1. The molecule has 2 aromatic rings. The molecule has 2 rings (SSSR count). The van der Waals surface area contributed by atoms with Gasteiger partial charge in [-0.05, 0) is 42.5 Å². The molecule has 0 aliphatic rings. The van der Waals surface area contributed by atoms with Crippen LogP contribution in [0.1, 0.15) is 10.4 Å². The number of nitrogens with one attached hydrogen (secondary N) is 1. The first kappa shape index (κ1) is 13.1. The van der Waals surface area contributed by atoms with Gasteiger partial charge < -0.3 is 5.32 Å². The Morgan fingerprint density at radius 1 is 1.17 bits per heavy atom. The molecule has 1 amide bonds. The highest BCUT2D eigenvalue weighted by Gasteiger charge is 2.09. The van der Waals surface area contributed by atoms with Crippen molar-refractivity contribution in [2.24, 2.45) is 0 Å². The number of rotatable bonds is 2. The first-order chi connectivity index (χ1) is 8.56. The van der Waals surface area contributed by atoms with Gasteiger partial charge >= 0.3 is 0 Å². The third-order valence-corrected chi connectivity index (χ3v) is 3.10. The Morgan fingerprint density at radius 2 is 1.83 bits per heavy atom. The van der Waals surface area contributed by atoms with E-state index in [-0.39, 0.29) is 11.6 Å². The van der Waals surface area contributed by atoms with Gasteiger partial charge in [0.2, 0.25) is 0 Å². The summed E-state index contributed by atoms with van der Waals surface area (Å²) in [5.41, 5.74) is 0.594. The Bertz CT molecular complexity index is 586. The predicted molar refractivity (Wildman–Crippen MR) is 75.7 cm³/mol. The van der Waals surface area contributed by atoms with Gasteiger partial charge in [-0.25, -0.2) is 4.39 Å². The van der Waals surface area contributed by atoms with Crippen molar-refractivity contribution in [1.82, 2.24) is 0 Å². The van der Waals surface area contributed by atoms with E-state index in [2.05, 4.69) is 33.9 Å². The largest absolute Gasteiger partial charge is 0.319 e. The highest BCUT2D eigenvalue weighted by atomic mass is 79.9. The second-order valence-electron chi connectivity index (χ2n) is 3.63. The number of amides is 1. The molecule has 0 heterocycles. The van der Waals surface area contributed by atoms with E-state index in [4.69, 9.17) is 0 Å². The molecule has 5 heteroatoms. The van der Waals surface area contributed by atoms with E-state index in [9.17, 15) is 9.18 Å². The molecule has 0 bridgehead atoms. The molecule has 0 atom stereocenters. The highest BCUT2D eigenvalue weighted by molar-refractivity contribution is 9.10. The second kappa shape index (κ2) is 5.54. The molecule has 0 unspecified atom stereocenters. The van der Waals surface area contributed by atoms with E-state index in [0.29, 0.717) is 10.0 Å². The Kier molecular flexibility index (Phi) is 4.04. The molecule has 0 fully saturated rings. The van der Waals surface area contributed by atoms with Crippen molar-refractivity contribution >= 4 is 40.2 Å². The van der Waals surface area contributed by atoms with Gasteiger partial charge in [0.1, 0.15) is 5.82 Å². The van der Waals surface area contributed by atoms with Gasteiger partial charge in [0.25, 0.3) is 5.91 Å². The monoisotopic (exact) mass is 325 g/mol. The standard InChI is InChI=1S/C13H9BrFNOS/c14-9-3-6-11(15)12(7-9)16-13(17)8-1-4-10(18)5-2-8/h1-7,18H,(H,16,17). The number of hydrogen-bond acceptors (Lipinski definition) is 2. The summed E-state index contributed by atoms with van der Waals surface area (Å²) >= 11 is 7.36. The lowest BCUT2D eigenvalue weighted by atomic mass is 10.2. The topological polar surface area (TPSA) is 29.1 Å². The fraction of sp³-hybridized carbons (Fsp3) is 0. The van der Waals surface area contributed by atoms with Crippen molar-refractivity contribution in [3.63, 3.8) is 0 Å². The van der Waals surface area contributed by atoms with E-state index in [1.54, 1.807) is 30.3 Å². The van der Waals surface area contributed by atoms with E-state index >= 15 is 0 Å². The van der Waals surface area contributed by atoms with E-state index in [1.165, 1.54) is 12.1 Å². The van der Waals surface area contributed by atoms with Crippen LogP contribution in [0.2, 0.25) is 0 Å². The van der Waals surface area contributed by atoms with Crippen LogP contribution in [-0.2, 0) is 0 Å². The lowest BCUT2D eigenvalue weighted by Crippen LogP contribution is -2.12. The van der Waals surface area contributed by atoms with Crippen LogP contribution in [0.5, 0.6) is 0 Å². The summed E-state index contributed by atoms with van der Waals surface area (Å²) in [5, 5.41) is 2.52. The fourth-order valence-electron chi connectivity index (χ4n) is 1.40. The van der Waals surface area contributed by atoms with Gasteiger partial charge in [-0.2, -0.15) is 0 Å². The molecule has 0 aromatic heterocycles. The highest BCUT2D eigenvalue weighted by Crippen LogP contribution is 2.20. The summed E-state index contributed by atoms with van der Waals surface area (Å²) in [6.07, 6.45) is 0. The number of carbonyl (C=O) groups excluding carboxylic acids is 1. The zero-order chi connectivity index (χ0) is 13.1. The minimum absolute atomic E-state index is 0.143. The molecular weight excluding hydrogens is 317 g/mol.